The normalized spacial score (nSPS) is 10.5. The van der Waals surface area contributed by atoms with Gasteiger partial charge in [-0.3, -0.25) is 0 Å². The van der Waals surface area contributed by atoms with Gasteiger partial charge in [0, 0.05) is 12.7 Å². The van der Waals surface area contributed by atoms with Crippen LogP contribution in [0.3, 0.4) is 0 Å². The molecule has 0 spiro atoms. The minimum Gasteiger partial charge on any atom is -0.478 e. The van der Waals surface area contributed by atoms with Gasteiger partial charge in [-0.25, -0.2) is 9.78 Å². The Labute approximate surface area is 153 Å². The first kappa shape index (κ1) is 17.7. The largest absolute Gasteiger partial charge is 0.478 e. The summed E-state index contributed by atoms with van der Waals surface area (Å²) in [5.74, 6) is -0.244. The number of aromatic nitrogens is 1. The molecule has 4 heteroatoms. The molecule has 132 valence electrons. The zero-order valence-electron chi connectivity index (χ0n) is 14.8. The fraction of sp³-hybridized carbons (Fsp3) is 0.182. The molecule has 3 rings (SSSR count). The maximum absolute atomic E-state index is 11.0. The average molecular weight is 346 g/mol. The molecular formula is C22H22N2O2. The van der Waals surface area contributed by atoms with Crippen LogP contribution in [0, 0.1) is 6.92 Å². The van der Waals surface area contributed by atoms with E-state index in [2.05, 4.69) is 52.8 Å². The van der Waals surface area contributed by atoms with E-state index < -0.39 is 5.97 Å². The zero-order chi connectivity index (χ0) is 18.4. The standard InChI is InChI=1S/C22H22N2O2/c1-16-13-20(22(25)26)15-24-21(16)23-14-19-10-6-5-9-18(19)12-11-17-7-3-2-4-8-17/h2-10,13,15H,11-12,14H2,1H3,(H,23,24)(H,25,26). The number of carboxylic acid groups (broad SMARTS) is 1. The van der Waals surface area contributed by atoms with Crippen LogP contribution >= 0.6 is 0 Å². The van der Waals surface area contributed by atoms with Crippen molar-refractivity contribution in [3.63, 3.8) is 0 Å². The number of nitrogens with zero attached hydrogens (tertiary/aromatic N) is 1. The molecule has 1 aromatic heterocycles. The lowest BCUT2D eigenvalue weighted by molar-refractivity contribution is 0.0696. The Kier molecular flexibility index (Phi) is 5.64. The van der Waals surface area contributed by atoms with Gasteiger partial charge in [-0.1, -0.05) is 54.6 Å². The number of hydrogen-bond acceptors (Lipinski definition) is 3. The van der Waals surface area contributed by atoms with Crippen LogP contribution < -0.4 is 5.32 Å². The van der Waals surface area contributed by atoms with E-state index in [-0.39, 0.29) is 5.56 Å². The summed E-state index contributed by atoms with van der Waals surface area (Å²) in [6.45, 7) is 2.52. The Morgan fingerprint density at radius 2 is 1.69 bits per heavy atom. The van der Waals surface area contributed by atoms with Crippen molar-refractivity contribution in [2.75, 3.05) is 5.32 Å². The number of carbonyl (C=O) groups is 1. The van der Waals surface area contributed by atoms with E-state index in [4.69, 9.17) is 5.11 Å². The minimum absolute atomic E-state index is 0.205. The number of nitrogens with one attached hydrogen (secondary N) is 1. The number of benzene rings is 2. The van der Waals surface area contributed by atoms with E-state index in [1.807, 2.05) is 19.1 Å². The summed E-state index contributed by atoms with van der Waals surface area (Å²) in [5, 5.41) is 12.4. The molecule has 3 aromatic rings. The fourth-order valence-electron chi connectivity index (χ4n) is 2.95. The third kappa shape index (κ3) is 4.48. The van der Waals surface area contributed by atoms with Crippen molar-refractivity contribution in [3.05, 3.63) is 94.7 Å². The smallest absolute Gasteiger partial charge is 0.337 e. The van der Waals surface area contributed by atoms with E-state index in [0.717, 1.165) is 18.4 Å². The third-order valence-corrected chi connectivity index (χ3v) is 4.42. The molecular weight excluding hydrogens is 324 g/mol. The Bertz CT molecular complexity index is 892. The topological polar surface area (TPSA) is 62.2 Å². The summed E-state index contributed by atoms with van der Waals surface area (Å²) in [6, 6.07) is 20.5. The molecule has 0 aliphatic rings. The summed E-state index contributed by atoms with van der Waals surface area (Å²) in [4.78, 5) is 15.3. The molecule has 0 fully saturated rings. The van der Waals surface area contributed by atoms with Crippen molar-refractivity contribution in [1.29, 1.82) is 0 Å². The molecule has 0 saturated carbocycles. The number of rotatable bonds is 7. The lowest BCUT2D eigenvalue weighted by Crippen LogP contribution is -2.07. The van der Waals surface area contributed by atoms with Gasteiger partial charge in [-0.2, -0.15) is 0 Å². The van der Waals surface area contributed by atoms with Gasteiger partial charge < -0.3 is 10.4 Å². The van der Waals surface area contributed by atoms with Gasteiger partial charge >= 0.3 is 5.97 Å². The summed E-state index contributed by atoms with van der Waals surface area (Å²) in [5.41, 5.74) is 4.90. The molecule has 0 aliphatic heterocycles. The van der Waals surface area contributed by atoms with Gasteiger partial charge in [-0.05, 0) is 48.1 Å². The lowest BCUT2D eigenvalue weighted by atomic mass is 10.00. The number of aryl methyl sites for hydroxylation is 3. The highest BCUT2D eigenvalue weighted by molar-refractivity contribution is 5.87. The number of hydrogen-bond donors (Lipinski definition) is 2. The second kappa shape index (κ2) is 8.30. The van der Waals surface area contributed by atoms with Crippen LogP contribution in [-0.2, 0) is 19.4 Å². The lowest BCUT2D eigenvalue weighted by Gasteiger charge is -2.13. The molecule has 0 bridgehead atoms. The maximum Gasteiger partial charge on any atom is 0.337 e. The monoisotopic (exact) mass is 346 g/mol. The van der Waals surface area contributed by atoms with Gasteiger partial charge in [0.2, 0.25) is 0 Å². The predicted octanol–water partition coefficient (Wildman–Crippen LogP) is 4.49. The molecule has 26 heavy (non-hydrogen) atoms. The van der Waals surface area contributed by atoms with E-state index in [0.29, 0.717) is 12.4 Å². The fourth-order valence-corrected chi connectivity index (χ4v) is 2.95. The summed E-state index contributed by atoms with van der Waals surface area (Å²) in [6.07, 6.45) is 3.37. The molecule has 1 heterocycles. The highest BCUT2D eigenvalue weighted by Crippen LogP contribution is 2.17. The molecule has 0 radical (unpaired) electrons. The number of aromatic carboxylic acids is 1. The quantitative estimate of drug-likeness (QED) is 0.662. The number of pyridine rings is 1. The van der Waals surface area contributed by atoms with E-state index >= 15 is 0 Å². The van der Waals surface area contributed by atoms with Crippen molar-refractivity contribution < 1.29 is 9.90 Å². The van der Waals surface area contributed by atoms with Crippen molar-refractivity contribution in [2.45, 2.75) is 26.3 Å². The molecule has 0 saturated heterocycles. The van der Waals surface area contributed by atoms with E-state index in [9.17, 15) is 4.79 Å². The van der Waals surface area contributed by atoms with Crippen LogP contribution in [0.25, 0.3) is 0 Å². The Balaban J connectivity index is 1.68. The van der Waals surface area contributed by atoms with E-state index in [1.54, 1.807) is 6.07 Å². The van der Waals surface area contributed by atoms with Crippen LogP contribution in [0.2, 0.25) is 0 Å². The molecule has 2 aromatic carbocycles. The molecule has 4 nitrogen and oxygen atoms in total. The summed E-state index contributed by atoms with van der Waals surface area (Å²) < 4.78 is 0. The van der Waals surface area contributed by atoms with Crippen molar-refractivity contribution in [1.82, 2.24) is 4.98 Å². The number of anilines is 1. The Morgan fingerprint density at radius 3 is 2.38 bits per heavy atom. The van der Waals surface area contributed by atoms with Crippen LogP contribution in [0.15, 0.2) is 66.9 Å². The predicted molar refractivity (Wildman–Crippen MR) is 104 cm³/mol. The first-order valence-electron chi connectivity index (χ1n) is 8.68. The van der Waals surface area contributed by atoms with Gasteiger partial charge in [-0.15, -0.1) is 0 Å². The van der Waals surface area contributed by atoms with Gasteiger partial charge in [0.05, 0.1) is 5.56 Å². The molecule has 0 aliphatic carbocycles. The molecule has 0 amide bonds. The minimum atomic E-state index is -0.960. The van der Waals surface area contributed by atoms with Crippen molar-refractivity contribution in [3.8, 4) is 0 Å². The second-order valence-electron chi connectivity index (χ2n) is 6.30. The maximum atomic E-state index is 11.0. The van der Waals surface area contributed by atoms with Crippen molar-refractivity contribution >= 4 is 11.8 Å². The third-order valence-electron chi connectivity index (χ3n) is 4.42. The first-order chi connectivity index (χ1) is 12.6. The summed E-state index contributed by atoms with van der Waals surface area (Å²) >= 11 is 0. The second-order valence-corrected chi connectivity index (χ2v) is 6.30. The first-order valence-corrected chi connectivity index (χ1v) is 8.68. The van der Waals surface area contributed by atoms with Gasteiger partial charge in [0.15, 0.2) is 0 Å². The van der Waals surface area contributed by atoms with Crippen molar-refractivity contribution in [2.24, 2.45) is 0 Å². The molecule has 2 N–H and O–H groups in total. The van der Waals surface area contributed by atoms with Crippen LogP contribution in [0.4, 0.5) is 5.82 Å². The van der Waals surface area contributed by atoms with Crippen LogP contribution in [0.5, 0.6) is 0 Å². The van der Waals surface area contributed by atoms with Crippen LogP contribution in [0.1, 0.15) is 32.6 Å². The highest BCUT2D eigenvalue weighted by Gasteiger charge is 2.08. The zero-order valence-corrected chi connectivity index (χ0v) is 14.8. The molecule has 0 atom stereocenters. The Hall–Kier alpha value is -3.14. The highest BCUT2D eigenvalue weighted by atomic mass is 16.4. The van der Waals surface area contributed by atoms with Gasteiger partial charge in [0.25, 0.3) is 0 Å². The summed E-state index contributed by atoms with van der Waals surface area (Å²) in [7, 11) is 0. The van der Waals surface area contributed by atoms with Crippen LogP contribution in [-0.4, -0.2) is 16.1 Å². The van der Waals surface area contributed by atoms with E-state index in [1.165, 1.54) is 22.9 Å². The Morgan fingerprint density at radius 1 is 1.00 bits per heavy atom. The van der Waals surface area contributed by atoms with Gasteiger partial charge in [0.1, 0.15) is 5.82 Å². The average Bonchev–Trinajstić information content (AvgIpc) is 2.66. The molecule has 0 unspecified atom stereocenters. The SMILES string of the molecule is Cc1cc(C(=O)O)cnc1NCc1ccccc1CCc1ccccc1. The number of carboxylic acids is 1.